The fourth-order valence-electron chi connectivity index (χ4n) is 0.726. The van der Waals surface area contributed by atoms with Crippen molar-refractivity contribution in [2.75, 3.05) is 13.1 Å². The molecule has 4 N–H and O–H groups in total. The summed E-state index contributed by atoms with van der Waals surface area (Å²) in [4.78, 5) is 20.8. The van der Waals surface area contributed by atoms with Gasteiger partial charge in [-0.3, -0.25) is 9.59 Å². The molecule has 0 radical (unpaired) electrons. The van der Waals surface area contributed by atoms with E-state index in [-0.39, 0.29) is 35.9 Å². The van der Waals surface area contributed by atoms with Crippen LogP contribution in [0.1, 0.15) is 12.8 Å². The Bertz CT molecular complexity index is 276. The first-order chi connectivity index (χ1) is 7.43. The molecule has 0 saturated heterocycles. The molecule has 0 aromatic carbocycles. The Kier molecular flexibility index (Phi) is 7.31. The predicted octanol–water partition coefficient (Wildman–Crippen LogP) is -0.230. The average molecular weight is 264 g/mol. The number of hydrogen-bond acceptors (Lipinski definition) is 4. The number of carboxylic acids is 2. The van der Waals surface area contributed by atoms with Gasteiger partial charge in [-0.25, -0.2) is 0 Å². The molecule has 0 saturated carbocycles. The van der Waals surface area contributed by atoms with Crippen molar-refractivity contribution < 1.29 is 19.8 Å². The van der Waals surface area contributed by atoms with Gasteiger partial charge in [0.15, 0.2) is 0 Å². The normalized spacial score (nSPS) is 9.25. The molecule has 8 heteroatoms. The lowest BCUT2D eigenvalue weighted by Crippen LogP contribution is -2.38. The highest BCUT2D eigenvalue weighted by molar-refractivity contribution is 7.89. The first kappa shape index (κ1) is 14.7. The number of hydrogen-bond donors (Lipinski definition) is 4. The van der Waals surface area contributed by atoms with Crippen molar-refractivity contribution in [3.63, 3.8) is 0 Å². The summed E-state index contributed by atoms with van der Waals surface area (Å²) < 4.78 is 0. The summed E-state index contributed by atoms with van der Waals surface area (Å²) in [6.07, 6.45) is -0.115. The molecule has 0 heterocycles. The zero-order valence-electron chi connectivity index (χ0n) is 8.36. The van der Waals surface area contributed by atoms with Gasteiger partial charge in [0.25, 0.3) is 0 Å². The van der Waals surface area contributed by atoms with Crippen molar-refractivity contribution in [1.29, 1.82) is 0 Å². The van der Waals surface area contributed by atoms with Gasteiger partial charge in [0.05, 0.1) is 12.8 Å². The Morgan fingerprint density at radius 2 is 1.19 bits per heavy atom. The predicted molar refractivity (Wildman–Crippen MR) is 65.7 cm³/mol. The molecule has 0 aromatic heterocycles. The van der Waals surface area contributed by atoms with Gasteiger partial charge in [-0.15, -0.1) is 0 Å². The van der Waals surface area contributed by atoms with E-state index in [0.717, 1.165) is 0 Å². The quantitative estimate of drug-likeness (QED) is 0.488. The minimum atomic E-state index is -0.931. The van der Waals surface area contributed by atoms with E-state index in [1.54, 1.807) is 0 Å². The summed E-state index contributed by atoms with van der Waals surface area (Å²) in [5.41, 5.74) is 0. The fraction of sp³-hybridized carbons (Fsp3) is 0.500. The summed E-state index contributed by atoms with van der Waals surface area (Å²) >= 11 is 9.71. The second kappa shape index (κ2) is 7.94. The number of carboxylic acid groups (broad SMARTS) is 2. The van der Waals surface area contributed by atoms with Gasteiger partial charge < -0.3 is 20.8 Å². The molecule has 0 bridgehead atoms. The number of thiocarbonyl (C=S) groups is 2. The van der Waals surface area contributed by atoms with Crippen LogP contribution in [0.5, 0.6) is 0 Å². The highest BCUT2D eigenvalue weighted by Gasteiger charge is 2.05. The van der Waals surface area contributed by atoms with Crippen LogP contribution in [0.2, 0.25) is 0 Å². The maximum absolute atomic E-state index is 10.2. The van der Waals surface area contributed by atoms with E-state index in [2.05, 4.69) is 10.6 Å². The van der Waals surface area contributed by atoms with E-state index in [1.165, 1.54) is 0 Å². The Morgan fingerprint density at radius 1 is 0.875 bits per heavy atom. The number of aliphatic carboxylic acids is 2. The third kappa shape index (κ3) is 8.06. The van der Waals surface area contributed by atoms with Crippen LogP contribution < -0.4 is 10.6 Å². The number of carbonyl (C=O) groups is 2. The molecule has 0 spiro atoms. The number of nitrogens with one attached hydrogen (secondary N) is 2. The van der Waals surface area contributed by atoms with Crippen LogP contribution in [0, 0.1) is 0 Å². The molecular weight excluding hydrogens is 252 g/mol. The summed E-state index contributed by atoms with van der Waals surface area (Å²) in [7, 11) is 0. The summed E-state index contributed by atoms with van der Waals surface area (Å²) in [5, 5.41) is 22.0. The van der Waals surface area contributed by atoms with E-state index >= 15 is 0 Å². The Hall–Kier alpha value is -1.28. The van der Waals surface area contributed by atoms with Crippen LogP contribution in [0.25, 0.3) is 0 Å². The summed E-state index contributed by atoms with van der Waals surface area (Å²) in [5.74, 6) is -1.86. The topological polar surface area (TPSA) is 98.7 Å². The summed E-state index contributed by atoms with van der Waals surface area (Å²) in [6.45, 7) is 0.379. The van der Waals surface area contributed by atoms with Crippen molar-refractivity contribution >= 4 is 46.4 Å². The first-order valence-electron chi connectivity index (χ1n) is 4.43. The standard InChI is InChI=1S/C8H12N2O4S2/c11-5(12)1-3-9-7(15)8(16)10-4-2-6(13)14/h1-4H2,(H,9,15)(H,10,16)(H,11,12)(H,13,14). The molecule has 0 amide bonds. The SMILES string of the molecule is O=C(O)CCNC(=S)C(=S)NCCC(=O)O. The van der Waals surface area contributed by atoms with E-state index in [4.69, 9.17) is 34.6 Å². The molecule has 0 aromatic rings. The van der Waals surface area contributed by atoms with Gasteiger partial charge in [-0.2, -0.15) is 0 Å². The second-order valence-electron chi connectivity index (χ2n) is 2.80. The van der Waals surface area contributed by atoms with Crippen molar-refractivity contribution in [3.8, 4) is 0 Å². The van der Waals surface area contributed by atoms with E-state index < -0.39 is 11.9 Å². The van der Waals surface area contributed by atoms with E-state index in [0.29, 0.717) is 0 Å². The molecule has 0 aliphatic heterocycles. The van der Waals surface area contributed by atoms with Gasteiger partial charge in [-0.05, 0) is 0 Å². The second-order valence-corrected chi connectivity index (χ2v) is 3.62. The van der Waals surface area contributed by atoms with Gasteiger partial charge in [0, 0.05) is 13.1 Å². The largest absolute Gasteiger partial charge is 0.481 e. The van der Waals surface area contributed by atoms with Crippen molar-refractivity contribution in [2.45, 2.75) is 12.8 Å². The van der Waals surface area contributed by atoms with Crippen molar-refractivity contribution in [3.05, 3.63) is 0 Å². The van der Waals surface area contributed by atoms with Gasteiger partial charge in [-0.1, -0.05) is 24.4 Å². The minimum absolute atomic E-state index is 0.0577. The molecule has 0 fully saturated rings. The van der Waals surface area contributed by atoms with Crippen molar-refractivity contribution in [2.24, 2.45) is 0 Å². The highest BCUT2D eigenvalue weighted by Crippen LogP contribution is 1.83. The first-order valence-corrected chi connectivity index (χ1v) is 5.24. The summed E-state index contributed by atoms with van der Waals surface area (Å²) in [6, 6.07) is 0. The van der Waals surface area contributed by atoms with Crippen LogP contribution in [0.4, 0.5) is 0 Å². The van der Waals surface area contributed by atoms with Crippen LogP contribution in [-0.4, -0.2) is 45.2 Å². The average Bonchev–Trinajstić information content (AvgIpc) is 2.16. The lowest BCUT2D eigenvalue weighted by Gasteiger charge is -2.09. The molecule has 0 atom stereocenters. The van der Waals surface area contributed by atoms with Crippen molar-refractivity contribution in [1.82, 2.24) is 10.6 Å². The molecule has 6 nitrogen and oxygen atoms in total. The third-order valence-corrected chi connectivity index (χ3v) is 2.28. The maximum atomic E-state index is 10.2. The van der Waals surface area contributed by atoms with Crippen LogP contribution in [0.15, 0.2) is 0 Å². The third-order valence-electron chi connectivity index (χ3n) is 1.46. The lowest BCUT2D eigenvalue weighted by molar-refractivity contribution is -0.137. The van der Waals surface area contributed by atoms with Gasteiger partial charge in [0.2, 0.25) is 0 Å². The minimum Gasteiger partial charge on any atom is -0.481 e. The zero-order valence-corrected chi connectivity index (χ0v) is 9.99. The fourth-order valence-corrected chi connectivity index (χ4v) is 1.07. The highest BCUT2D eigenvalue weighted by atomic mass is 32.1. The number of rotatable bonds is 6. The molecule has 0 aliphatic rings. The van der Waals surface area contributed by atoms with Gasteiger partial charge >= 0.3 is 11.9 Å². The van der Waals surface area contributed by atoms with Crippen LogP contribution in [0.3, 0.4) is 0 Å². The lowest BCUT2D eigenvalue weighted by atomic mass is 10.4. The molecule has 90 valence electrons. The van der Waals surface area contributed by atoms with Crippen LogP contribution in [-0.2, 0) is 9.59 Å². The molecule has 0 unspecified atom stereocenters. The Labute approximate surface area is 103 Å². The van der Waals surface area contributed by atoms with E-state index in [9.17, 15) is 9.59 Å². The van der Waals surface area contributed by atoms with Gasteiger partial charge in [0.1, 0.15) is 9.98 Å². The molecule has 0 aliphatic carbocycles. The zero-order chi connectivity index (χ0) is 12.6. The van der Waals surface area contributed by atoms with Crippen LogP contribution >= 0.6 is 24.4 Å². The Morgan fingerprint density at radius 3 is 1.44 bits per heavy atom. The monoisotopic (exact) mass is 264 g/mol. The molecule has 0 rings (SSSR count). The molecular formula is C8H12N2O4S2. The maximum Gasteiger partial charge on any atom is 0.305 e. The molecule has 16 heavy (non-hydrogen) atoms. The smallest absolute Gasteiger partial charge is 0.305 e. The Balaban J connectivity index is 3.69. The van der Waals surface area contributed by atoms with E-state index in [1.807, 2.05) is 0 Å².